The Morgan fingerprint density at radius 1 is 0.778 bits per heavy atom. The summed E-state index contributed by atoms with van der Waals surface area (Å²) in [6, 6.07) is 16.7. The standard InChI is InChI=1S/C15H15BrClN/c16-15-7-5-14(6-8-15)11-18-10-13-3-1-12(9-17)2-4-13/h1-8,18H,9-11H2. The molecule has 0 unspecified atom stereocenters. The molecule has 0 heterocycles. The fourth-order valence-electron chi connectivity index (χ4n) is 1.70. The highest BCUT2D eigenvalue weighted by Gasteiger charge is 1.95. The Morgan fingerprint density at radius 3 is 1.72 bits per heavy atom. The molecule has 0 spiro atoms. The zero-order valence-electron chi connectivity index (χ0n) is 10.00. The van der Waals surface area contributed by atoms with Gasteiger partial charge in [-0.15, -0.1) is 11.6 Å². The van der Waals surface area contributed by atoms with E-state index in [-0.39, 0.29) is 0 Å². The summed E-state index contributed by atoms with van der Waals surface area (Å²) in [5.74, 6) is 0.576. The van der Waals surface area contributed by atoms with E-state index < -0.39 is 0 Å². The van der Waals surface area contributed by atoms with Gasteiger partial charge in [-0.3, -0.25) is 0 Å². The van der Waals surface area contributed by atoms with Crippen LogP contribution in [0.4, 0.5) is 0 Å². The number of rotatable bonds is 5. The molecule has 0 saturated carbocycles. The van der Waals surface area contributed by atoms with Gasteiger partial charge >= 0.3 is 0 Å². The normalized spacial score (nSPS) is 10.6. The van der Waals surface area contributed by atoms with Crippen molar-refractivity contribution in [2.45, 2.75) is 19.0 Å². The van der Waals surface area contributed by atoms with Crippen LogP contribution in [0.5, 0.6) is 0 Å². The SMILES string of the molecule is ClCc1ccc(CNCc2ccc(Br)cc2)cc1. The Labute approximate surface area is 121 Å². The molecule has 0 aliphatic rings. The molecule has 0 aliphatic carbocycles. The predicted octanol–water partition coefficient (Wildman–Crippen LogP) is 4.48. The van der Waals surface area contributed by atoms with Crippen molar-refractivity contribution in [1.82, 2.24) is 5.32 Å². The van der Waals surface area contributed by atoms with Crippen molar-refractivity contribution in [2.24, 2.45) is 0 Å². The van der Waals surface area contributed by atoms with Crippen LogP contribution in [-0.4, -0.2) is 0 Å². The van der Waals surface area contributed by atoms with Gasteiger partial charge in [-0.2, -0.15) is 0 Å². The molecule has 0 aromatic heterocycles. The highest BCUT2D eigenvalue weighted by Crippen LogP contribution is 2.11. The van der Waals surface area contributed by atoms with Crippen molar-refractivity contribution in [3.63, 3.8) is 0 Å². The second kappa shape index (κ2) is 6.93. The number of hydrogen-bond acceptors (Lipinski definition) is 1. The van der Waals surface area contributed by atoms with Crippen LogP contribution in [-0.2, 0) is 19.0 Å². The molecule has 0 fully saturated rings. The molecule has 3 heteroatoms. The Balaban J connectivity index is 1.82. The van der Waals surface area contributed by atoms with Crippen LogP contribution in [0.2, 0.25) is 0 Å². The van der Waals surface area contributed by atoms with Gasteiger partial charge in [0.05, 0.1) is 0 Å². The summed E-state index contributed by atoms with van der Waals surface area (Å²) in [7, 11) is 0. The third kappa shape index (κ3) is 4.13. The average Bonchev–Trinajstić information content (AvgIpc) is 2.42. The maximum atomic E-state index is 5.76. The Kier molecular flexibility index (Phi) is 5.24. The van der Waals surface area contributed by atoms with Crippen molar-refractivity contribution >= 4 is 27.5 Å². The molecular formula is C15H15BrClN. The maximum absolute atomic E-state index is 5.76. The van der Waals surface area contributed by atoms with Crippen molar-refractivity contribution in [3.8, 4) is 0 Å². The van der Waals surface area contributed by atoms with Gasteiger partial charge in [0, 0.05) is 23.4 Å². The Bertz CT molecular complexity index is 479. The van der Waals surface area contributed by atoms with Crippen molar-refractivity contribution < 1.29 is 0 Å². The molecule has 2 aromatic carbocycles. The van der Waals surface area contributed by atoms with E-state index >= 15 is 0 Å². The average molecular weight is 325 g/mol. The third-order valence-corrected chi connectivity index (χ3v) is 3.59. The van der Waals surface area contributed by atoms with Gasteiger partial charge in [-0.05, 0) is 28.8 Å². The van der Waals surface area contributed by atoms with Crippen LogP contribution >= 0.6 is 27.5 Å². The number of hydrogen-bond donors (Lipinski definition) is 1. The number of halogens is 2. The minimum absolute atomic E-state index is 0.576. The first kappa shape index (κ1) is 13.6. The monoisotopic (exact) mass is 323 g/mol. The summed E-state index contributed by atoms with van der Waals surface area (Å²) in [5.41, 5.74) is 3.73. The second-order valence-corrected chi connectivity index (χ2v) is 5.36. The lowest BCUT2D eigenvalue weighted by Gasteiger charge is -2.06. The van der Waals surface area contributed by atoms with Gasteiger partial charge in [0.15, 0.2) is 0 Å². The fraction of sp³-hybridized carbons (Fsp3) is 0.200. The minimum atomic E-state index is 0.576. The highest BCUT2D eigenvalue weighted by molar-refractivity contribution is 9.10. The van der Waals surface area contributed by atoms with Crippen molar-refractivity contribution in [2.75, 3.05) is 0 Å². The second-order valence-electron chi connectivity index (χ2n) is 4.18. The third-order valence-electron chi connectivity index (χ3n) is 2.75. The lowest BCUT2D eigenvalue weighted by molar-refractivity contribution is 0.693. The van der Waals surface area contributed by atoms with Crippen molar-refractivity contribution in [1.29, 1.82) is 0 Å². The van der Waals surface area contributed by atoms with Gasteiger partial charge in [-0.1, -0.05) is 52.3 Å². The van der Waals surface area contributed by atoms with Crippen LogP contribution in [0.25, 0.3) is 0 Å². The van der Waals surface area contributed by atoms with E-state index in [0.29, 0.717) is 5.88 Å². The molecule has 0 saturated heterocycles. The summed E-state index contributed by atoms with van der Waals surface area (Å²) in [6.07, 6.45) is 0. The van der Waals surface area contributed by atoms with Crippen LogP contribution in [0, 0.1) is 0 Å². The van der Waals surface area contributed by atoms with E-state index in [4.69, 9.17) is 11.6 Å². The Morgan fingerprint density at radius 2 is 1.22 bits per heavy atom. The summed E-state index contributed by atoms with van der Waals surface area (Å²) < 4.78 is 1.11. The zero-order chi connectivity index (χ0) is 12.8. The van der Waals surface area contributed by atoms with E-state index in [1.54, 1.807) is 0 Å². The van der Waals surface area contributed by atoms with Crippen LogP contribution in [0.15, 0.2) is 53.0 Å². The Hall–Kier alpha value is -0.830. The lowest BCUT2D eigenvalue weighted by Crippen LogP contribution is -2.12. The first-order valence-electron chi connectivity index (χ1n) is 5.87. The van der Waals surface area contributed by atoms with E-state index in [9.17, 15) is 0 Å². The topological polar surface area (TPSA) is 12.0 Å². The predicted molar refractivity (Wildman–Crippen MR) is 80.7 cm³/mol. The van der Waals surface area contributed by atoms with Gasteiger partial charge in [0.2, 0.25) is 0 Å². The molecule has 0 radical (unpaired) electrons. The minimum Gasteiger partial charge on any atom is -0.309 e. The van der Waals surface area contributed by atoms with E-state index in [1.807, 2.05) is 0 Å². The number of alkyl halides is 1. The molecule has 0 atom stereocenters. The quantitative estimate of drug-likeness (QED) is 0.800. The molecule has 0 amide bonds. The van der Waals surface area contributed by atoms with Gasteiger partial charge < -0.3 is 5.32 Å². The summed E-state index contributed by atoms with van der Waals surface area (Å²) in [6.45, 7) is 1.75. The molecule has 94 valence electrons. The maximum Gasteiger partial charge on any atom is 0.0474 e. The highest BCUT2D eigenvalue weighted by atomic mass is 79.9. The lowest BCUT2D eigenvalue weighted by atomic mass is 10.1. The first-order chi connectivity index (χ1) is 8.78. The summed E-state index contributed by atoms with van der Waals surface area (Å²) in [4.78, 5) is 0. The van der Waals surface area contributed by atoms with Gasteiger partial charge in [0.1, 0.15) is 0 Å². The molecule has 0 bridgehead atoms. The van der Waals surface area contributed by atoms with Crippen molar-refractivity contribution in [3.05, 3.63) is 69.7 Å². The molecule has 18 heavy (non-hydrogen) atoms. The smallest absolute Gasteiger partial charge is 0.0474 e. The van der Waals surface area contributed by atoms with Gasteiger partial charge in [-0.25, -0.2) is 0 Å². The van der Waals surface area contributed by atoms with Crippen LogP contribution in [0.3, 0.4) is 0 Å². The van der Waals surface area contributed by atoms with Crippen LogP contribution in [0.1, 0.15) is 16.7 Å². The van der Waals surface area contributed by atoms with E-state index in [0.717, 1.165) is 23.1 Å². The molecule has 2 aromatic rings. The van der Waals surface area contributed by atoms with Crippen LogP contribution < -0.4 is 5.32 Å². The summed E-state index contributed by atoms with van der Waals surface area (Å²) in [5, 5.41) is 3.43. The number of nitrogens with one attached hydrogen (secondary N) is 1. The molecule has 2 rings (SSSR count). The molecule has 0 aliphatic heterocycles. The molecular weight excluding hydrogens is 310 g/mol. The van der Waals surface area contributed by atoms with E-state index in [1.165, 1.54) is 11.1 Å². The summed E-state index contributed by atoms with van der Waals surface area (Å²) >= 11 is 9.19. The zero-order valence-corrected chi connectivity index (χ0v) is 12.3. The van der Waals surface area contributed by atoms with E-state index in [2.05, 4.69) is 69.8 Å². The molecule has 1 N–H and O–H groups in total. The molecule has 1 nitrogen and oxygen atoms in total. The van der Waals surface area contributed by atoms with Gasteiger partial charge in [0.25, 0.3) is 0 Å². The first-order valence-corrected chi connectivity index (χ1v) is 7.19. The largest absolute Gasteiger partial charge is 0.309 e. The number of benzene rings is 2. The fourth-order valence-corrected chi connectivity index (χ4v) is 2.14.